The summed E-state index contributed by atoms with van der Waals surface area (Å²) < 4.78 is 8.88. The molecule has 0 spiro atoms. The summed E-state index contributed by atoms with van der Waals surface area (Å²) in [5.74, 6) is 0. The first kappa shape index (κ1) is 15.7. The molecule has 0 atom stereocenters. The topological polar surface area (TPSA) is 109 Å². The fraction of sp³-hybridized carbons (Fsp3) is 0. The molecule has 5 nitrogen and oxygen atoms in total. The van der Waals surface area contributed by atoms with Gasteiger partial charge in [0.05, 0.1) is 0 Å². The van der Waals surface area contributed by atoms with Crippen LogP contribution in [0.1, 0.15) is 0 Å². The second kappa shape index (κ2) is 4.52. The van der Waals surface area contributed by atoms with Gasteiger partial charge >= 0.3 is 7.82 Å². The predicted molar refractivity (Wildman–Crippen MR) is 25.1 cm³/mol. The lowest BCUT2D eigenvalue weighted by Gasteiger charge is -1.82. The van der Waals surface area contributed by atoms with Gasteiger partial charge in [-0.2, -0.15) is 0 Å². The van der Waals surface area contributed by atoms with E-state index in [0.29, 0.717) is 0 Å². The molecule has 48 valence electrons. The second-order valence-corrected chi connectivity index (χ2v) is 1.54. The van der Waals surface area contributed by atoms with Crippen molar-refractivity contribution >= 4 is 20.2 Å². The average Bonchev–Trinajstić information content (AvgIpc) is 0.722. The molecule has 0 radical (unpaired) electrons. The Labute approximate surface area is 45.9 Å². The van der Waals surface area contributed by atoms with Gasteiger partial charge in [0.1, 0.15) is 0 Å². The average molecular weight is 152 g/mol. The molecule has 7 heavy (non-hydrogen) atoms. The zero-order chi connectivity index (χ0) is 4.50. The van der Waals surface area contributed by atoms with Crippen molar-refractivity contribution in [3.8, 4) is 0 Å². The molecule has 0 aliphatic carbocycles. The number of phosphoric acid groups is 1. The summed E-state index contributed by atoms with van der Waals surface area (Å²) >= 11 is 0. The first-order valence-electron chi connectivity index (χ1n) is 0.783. The summed E-state index contributed by atoms with van der Waals surface area (Å²) in [6.45, 7) is 0. The Kier molecular flexibility index (Phi) is 10.1. The van der Waals surface area contributed by atoms with Gasteiger partial charge in [0.15, 0.2) is 0 Å². The number of hydrogen-bond acceptors (Lipinski definition) is 1. The first-order chi connectivity index (χ1) is 2.00. The highest BCUT2D eigenvalue weighted by Gasteiger charge is 2.00. The Morgan fingerprint density at radius 1 is 1.14 bits per heavy atom. The van der Waals surface area contributed by atoms with E-state index in [1.807, 2.05) is 0 Å². The maximum Gasteiger partial charge on any atom is 0.466 e. The minimum absolute atomic E-state index is 0. The highest BCUT2D eigenvalue weighted by Crippen LogP contribution is 2.25. The quantitative estimate of drug-likeness (QED) is 0.374. The zero-order valence-corrected chi connectivity index (χ0v) is 4.82. The number of halogens is 1. The van der Waals surface area contributed by atoms with Crippen LogP contribution in [0, 0.1) is 0 Å². The van der Waals surface area contributed by atoms with Crippen molar-refractivity contribution in [3.05, 3.63) is 0 Å². The minimum Gasteiger partial charge on any atom is -0.412 e. The number of rotatable bonds is 0. The molecular weight excluding hydrogens is 146 g/mol. The Morgan fingerprint density at radius 2 is 1.14 bits per heavy atom. The van der Waals surface area contributed by atoms with Crippen molar-refractivity contribution in [3.63, 3.8) is 0 Å². The molecule has 0 aromatic carbocycles. The summed E-state index contributed by atoms with van der Waals surface area (Å²) in [7, 11) is -4.64. The predicted octanol–water partition coefficient (Wildman–Crippen LogP) is -1.33. The Balaban J connectivity index is -0.0000000800. The van der Waals surface area contributed by atoms with Crippen LogP contribution in [0.3, 0.4) is 0 Å². The van der Waals surface area contributed by atoms with Crippen molar-refractivity contribution in [2.24, 2.45) is 0 Å². The van der Waals surface area contributed by atoms with Crippen molar-refractivity contribution < 1.29 is 24.7 Å². The molecule has 0 heterocycles. The van der Waals surface area contributed by atoms with Crippen molar-refractivity contribution in [2.75, 3.05) is 0 Å². The van der Waals surface area contributed by atoms with E-state index in [0.717, 1.165) is 0 Å². The molecule has 0 aromatic rings. The Morgan fingerprint density at radius 3 is 1.14 bits per heavy atom. The van der Waals surface area contributed by atoms with Crippen LogP contribution >= 0.6 is 20.2 Å². The molecule has 0 bridgehead atoms. The smallest absolute Gasteiger partial charge is 0.412 e. The summed E-state index contributed by atoms with van der Waals surface area (Å²) in [5, 5.41) is 0. The second-order valence-electron chi connectivity index (χ2n) is 0.513. The molecule has 5 N–H and O–H groups in total. The molecule has 0 saturated heterocycles. The first-order valence-corrected chi connectivity index (χ1v) is 2.35. The molecular formula is H6ClO5P. The minimum atomic E-state index is -4.64. The lowest BCUT2D eigenvalue weighted by molar-refractivity contribution is 0.275. The van der Waals surface area contributed by atoms with Gasteiger partial charge in [0.2, 0.25) is 0 Å². The highest BCUT2D eigenvalue weighted by atomic mass is 35.5. The fourth-order valence-electron chi connectivity index (χ4n) is 0. The summed E-state index contributed by atoms with van der Waals surface area (Å²) in [4.78, 5) is 21.6. The summed E-state index contributed by atoms with van der Waals surface area (Å²) in [6, 6.07) is 0. The Bertz CT molecular complexity index is 54.2. The molecule has 0 aliphatic rings. The van der Waals surface area contributed by atoms with Gasteiger partial charge in [-0.25, -0.2) is 4.57 Å². The third-order valence-corrected chi connectivity index (χ3v) is 0. The SMILES string of the molecule is Cl.O.O=P(O)(O)O. The molecule has 0 aliphatic heterocycles. The van der Waals surface area contributed by atoms with Gasteiger partial charge in [-0.3, -0.25) is 0 Å². The highest BCUT2D eigenvalue weighted by molar-refractivity contribution is 7.45. The van der Waals surface area contributed by atoms with Crippen LogP contribution in [0.25, 0.3) is 0 Å². The van der Waals surface area contributed by atoms with E-state index >= 15 is 0 Å². The molecule has 0 saturated carbocycles. The maximum absolute atomic E-state index is 8.88. The van der Waals surface area contributed by atoms with Gasteiger partial charge in [0.25, 0.3) is 0 Å². The van der Waals surface area contributed by atoms with Crippen molar-refractivity contribution in [1.29, 1.82) is 0 Å². The van der Waals surface area contributed by atoms with E-state index in [1.54, 1.807) is 0 Å². The lowest BCUT2D eigenvalue weighted by Crippen LogP contribution is -1.66. The van der Waals surface area contributed by atoms with Gasteiger partial charge in [-0.05, 0) is 0 Å². The summed E-state index contributed by atoms with van der Waals surface area (Å²) in [6.07, 6.45) is 0. The van der Waals surface area contributed by atoms with Crippen LogP contribution in [0.15, 0.2) is 0 Å². The number of hydrogen-bond donors (Lipinski definition) is 3. The van der Waals surface area contributed by atoms with Gasteiger partial charge in [-0.15, -0.1) is 12.4 Å². The van der Waals surface area contributed by atoms with Crippen molar-refractivity contribution in [1.82, 2.24) is 0 Å². The van der Waals surface area contributed by atoms with Gasteiger partial charge in [-0.1, -0.05) is 0 Å². The molecule has 0 aromatic heterocycles. The lowest BCUT2D eigenvalue weighted by atomic mass is 15.8. The molecule has 0 amide bonds. The Hall–Kier alpha value is 0.360. The van der Waals surface area contributed by atoms with Gasteiger partial charge in [0, 0.05) is 0 Å². The van der Waals surface area contributed by atoms with Crippen LogP contribution in [0.2, 0.25) is 0 Å². The van der Waals surface area contributed by atoms with Crippen LogP contribution in [0.4, 0.5) is 0 Å². The zero-order valence-electron chi connectivity index (χ0n) is 3.11. The largest absolute Gasteiger partial charge is 0.466 e. The van der Waals surface area contributed by atoms with E-state index in [9.17, 15) is 0 Å². The fourth-order valence-corrected chi connectivity index (χ4v) is 0. The normalized spacial score (nSPS) is 8.43. The van der Waals surface area contributed by atoms with Gasteiger partial charge < -0.3 is 20.2 Å². The van der Waals surface area contributed by atoms with E-state index in [-0.39, 0.29) is 17.9 Å². The monoisotopic (exact) mass is 152 g/mol. The van der Waals surface area contributed by atoms with E-state index < -0.39 is 7.82 Å². The summed E-state index contributed by atoms with van der Waals surface area (Å²) in [5.41, 5.74) is 0. The van der Waals surface area contributed by atoms with Crippen LogP contribution in [-0.4, -0.2) is 20.2 Å². The van der Waals surface area contributed by atoms with Crippen LogP contribution < -0.4 is 0 Å². The third-order valence-electron chi connectivity index (χ3n) is 0. The van der Waals surface area contributed by atoms with E-state index in [1.165, 1.54) is 0 Å². The van der Waals surface area contributed by atoms with E-state index in [2.05, 4.69) is 0 Å². The maximum atomic E-state index is 8.88. The molecule has 0 rings (SSSR count). The molecule has 0 fully saturated rings. The van der Waals surface area contributed by atoms with E-state index in [4.69, 9.17) is 19.2 Å². The molecule has 0 unspecified atom stereocenters. The van der Waals surface area contributed by atoms with Crippen LogP contribution in [0.5, 0.6) is 0 Å². The molecule has 7 heteroatoms. The third kappa shape index (κ3) is 933. The standard InChI is InChI=1S/ClH.H3O4P.H2O/c;1-5(2,3)4;/h1H;(H3,1,2,3,4);1H2. The van der Waals surface area contributed by atoms with Crippen LogP contribution in [-0.2, 0) is 4.57 Å². The van der Waals surface area contributed by atoms with Crippen molar-refractivity contribution in [2.45, 2.75) is 0 Å².